The molecule has 0 aliphatic carbocycles. The minimum Gasteiger partial charge on any atom is -0.493 e. The van der Waals surface area contributed by atoms with E-state index in [0.29, 0.717) is 18.9 Å². The predicted molar refractivity (Wildman–Crippen MR) is 81.4 cm³/mol. The standard InChI is InChI=1S/C18H20O2/c1-14(2)15-8-10-17(11-9-15)20-13-12-18(19)16-6-4-3-5-7-16/h3-11,14H,12-13H2,1-2H3. The van der Waals surface area contributed by atoms with Crippen LogP contribution in [0.15, 0.2) is 54.6 Å². The Kier molecular flexibility index (Phi) is 4.94. The Bertz CT molecular complexity index is 541. The van der Waals surface area contributed by atoms with Gasteiger partial charge in [-0.15, -0.1) is 0 Å². The van der Waals surface area contributed by atoms with E-state index in [4.69, 9.17) is 4.74 Å². The fourth-order valence-corrected chi connectivity index (χ4v) is 1.98. The summed E-state index contributed by atoms with van der Waals surface area (Å²) < 4.78 is 5.61. The molecule has 0 N–H and O–H groups in total. The first kappa shape index (κ1) is 14.3. The summed E-state index contributed by atoms with van der Waals surface area (Å²) in [6.07, 6.45) is 0.399. The molecule has 0 radical (unpaired) electrons. The molecule has 0 aliphatic heterocycles. The second-order valence-electron chi connectivity index (χ2n) is 5.11. The lowest BCUT2D eigenvalue weighted by atomic mass is 10.0. The second kappa shape index (κ2) is 6.90. The van der Waals surface area contributed by atoms with Crippen molar-refractivity contribution < 1.29 is 9.53 Å². The molecule has 0 aromatic heterocycles. The summed E-state index contributed by atoms with van der Waals surface area (Å²) in [5.41, 5.74) is 2.03. The molecule has 104 valence electrons. The molecule has 20 heavy (non-hydrogen) atoms. The number of carbonyl (C=O) groups is 1. The van der Waals surface area contributed by atoms with Gasteiger partial charge in [0.15, 0.2) is 5.78 Å². The van der Waals surface area contributed by atoms with Crippen LogP contribution in [0.25, 0.3) is 0 Å². The molecule has 0 saturated carbocycles. The molecule has 2 aromatic carbocycles. The van der Waals surface area contributed by atoms with E-state index in [0.717, 1.165) is 11.3 Å². The summed E-state index contributed by atoms with van der Waals surface area (Å²) in [6.45, 7) is 4.73. The first-order valence-electron chi connectivity index (χ1n) is 6.98. The Morgan fingerprint density at radius 2 is 1.65 bits per heavy atom. The Morgan fingerprint density at radius 3 is 2.25 bits per heavy atom. The maximum atomic E-state index is 11.9. The smallest absolute Gasteiger partial charge is 0.166 e. The van der Waals surface area contributed by atoms with Crippen molar-refractivity contribution in [3.8, 4) is 5.75 Å². The van der Waals surface area contributed by atoms with Gasteiger partial charge in [-0.2, -0.15) is 0 Å². The third-order valence-corrected chi connectivity index (χ3v) is 3.24. The molecule has 2 nitrogen and oxygen atoms in total. The third kappa shape index (κ3) is 3.95. The van der Waals surface area contributed by atoms with E-state index in [1.165, 1.54) is 5.56 Å². The normalized spacial score (nSPS) is 10.6. The average Bonchev–Trinajstić information content (AvgIpc) is 2.48. The van der Waals surface area contributed by atoms with Gasteiger partial charge < -0.3 is 4.74 Å². The van der Waals surface area contributed by atoms with E-state index in [-0.39, 0.29) is 5.78 Å². The first-order chi connectivity index (χ1) is 9.66. The summed E-state index contributed by atoms with van der Waals surface area (Å²) >= 11 is 0. The van der Waals surface area contributed by atoms with Crippen LogP contribution in [0.1, 0.15) is 42.1 Å². The van der Waals surface area contributed by atoms with Gasteiger partial charge in [0.1, 0.15) is 5.75 Å². The van der Waals surface area contributed by atoms with E-state index in [9.17, 15) is 4.79 Å². The molecule has 0 heterocycles. The van der Waals surface area contributed by atoms with Crippen molar-refractivity contribution in [2.45, 2.75) is 26.2 Å². The van der Waals surface area contributed by atoms with Gasteiger partial charge >= 0.3 is 0 Å². The molecule has 0 unspecified atom stereocenters. The van der Waals surface area contributed by atoms with Gasteiger partial charge in [-0.25, -0.2) is 0 Å². The first-order valence-corrected chi connectivity index (χ1v) is 6.98. The van der Waals surface area contributed by atoms with Crippen LogP contribution in [0.5, 0.6) is 5.75 Å². The molecular formula is C18H20O2. The van der Waals surface area contributed by atoms with Crippen LogP contribution >= 0.6 is 0 Å². The number of hydrogen-bond acceptors (Lipinski definition) is 2. The van der Waals surface area contributed by atoms with Crippen LogP contribution < -0.4 is 4.74 Å². The Balaban J connectivity index is 1.82. The number of ketones is 1. The van der Waals surface area contributed by atoms with Crippen molar-refractivity contribution in [1.82, 2.24) is 0 Å². The summed E-state index contributed by atoms with van der Waals surface area (Å²) in [5, 5.41) is 0. The number of ether oxygens (including phenoxy) is 1. The van der Waals surface area contributed by atoms with E-state index in [1.54, 1.807) is 0 Å². The van der Waals surface area contributed by atoms with E-state index < -0.39 is 0 Å². The van der Waals surface area contributed by atoms with Crippen molar-refractivity contribution in [3.63, 3.8) is 0 Å². The molecule has 2 heteroatoms. The number of benzene rings is 2. The van der Waals surface area contributed by atoms with Crippen LogP contribution in [-0.4, -0.2) is 12.4 Å². The van der Waals surface area contributed by atoms with Gasteiger partial charge in [-0.1, -0.05) is 56.3 Å². The number of rotatable bonds is 6. The second-order valence-corrected chi connectivity index (χ2v) is 5.11. The molecule has 0 fully saturated rings. The lowest BCUT2D eigenvalue weighted by Crippen LogP contribution is -2.06. The average molecular weight is 268 g/mol. The van der Waals surface area contributed by atoms with Gasteiger partial charge in [0.05, 0.1) is 6.61 Å². The van der Waals surface area contributed by atoms with Crippen LogP contribution in [0, 0.1) is 0 Å². The summed E-state index contributed by atoms with van der Waals surface area (Å²) in [6, 6.07) is 17.4. The highest BCUT2D eigenvalue weighted by atomic mass is 16.5. The number of carbonyl (C=O) groups excluding carboxylic acids is 1. The minimum absolute atomic E-state index is 0.115. The Morgan fingerprint density at radius 1 is 1.00 bits per heavy atom. The van der Waals surface area contributed by atoms with Gasteiger partial charge in [-0.3, -0.25) is 4.79 Å². The molecule has 0 aliphatic rings. The number of hydrogen-bond donors (Lipinski definition) is 0. The highest BCUT2D eigenvalue weighted by Gasteiger charge is 2.05. The highest BCUT2D eigenvalue weighted by molar-refractivity contribution is 5.96. The van der Waals surface area contributed by atoms with Crippen molar-refractivity contribution >= 4 is 5.78 Å². The van der Waals surface area contributed by atoms with Gasteiger partial charge in [0.25, 0.3) is 0 Å². The van der Waals surface area contributed by atoms with Crippen LogP contribution in [-0.2, 0) is 0 Å². The summed E-state index contributed by atoms with van der Waals surface area (Å²) in [4.78, 5) is 11.9. The molecule has 0 bridgehead atoms. The largest absolute Gasteiger partial charge is 0.493 e. The summed E-state index contributed by atoms with van der Waals surface area (Å²) in [7, 11) is 0. The van der Waals surface area contributed by atoms with Crippen molar-refractivity contribution in [2.24, 2.45) is 0 Å². The van der Waals surface area contributed by atoms with Crippen LogP contribution in [0.4, 0.5) is 0 Å². The van der Waals surface area contributed by atoms with Crippen molar-refractivity contribution in [3.05, 3.63) is 65.7 Å². The van der Waals surface area contributed by atoms with Crippen molar-refractivity contribution in [2.75, 3.05) is 6.61 Å². The van der Waals surface area contributed by atoms with Crippen LogP contribution in [0.2, 0.25) is 0 Å². The lowest BCUT2D eigenvalue weighted by Gasteiger charge is -2.08. The van der Waals surface area contributed by atoms with Gasteiger partial charge in [-0.05, 0) is 23.6 Å². The Labute approximate surface area is 120 Å². The monoisotopic (exact) mass is 268 g/mol. The highest BCUT2D eigenvalue weighted by Crippen LogP contribution is 2.18. The zero-order valence-electron chi connectivity index (χ0n) is 12.0. The maximum absolute atomic E-state index is 11.9. The zero-order chi connectivity index (χ0) is 14.4. The topological polar surface area (TPSA) is 26.3 Å². The number of Topliss-reactive ketones (excluding diaryl/α,β-unsaturated/α-hetero) is 1. The molecular weight excluding hydrogens is 248 g/mol. The molecule has 0 amide bonds. The zero-order valence-corrected chi connectivity index (χ0v) is 12.0. The van der Waals surface area contributed by atoms with Crippen LogP contribution in [0.3, 0.4) is 0 Å². The molecule has 2 rings (SSSR count). The predicted octanol–water partition coefficient (Wildman–Crippen LogP) is 4.46. The fraction of sp³-hybridized carbons (Fsp3) is 0.278. The molecule has 2 aromatic rings. The van der Waals surface area contributed by atoms with Gasteiger partial charge in [0.2, 0.25) is 0 Å². The SMILES string of the molecule is CC(C)c1ccc(OCCC(=O)c2ccccc2)cc1. The fourth-order valence-electron chi connectivity index (χ4n) is 1.98. The molecule has 0 saturated heterocycles. The Hall–Kier alpha value is -2.09. The molecule has 0 atom stereocenters. The van der Waals surface area contributed by atoms with E-state index in [2.05, 4.69) is 26.0 Å². The molecule has 0 spiro atoms. The van der Waals surface area contributed by atoms with E-state index in [1.807, 2.05) is 42.5 Å². The minimum atomic E-state index is 0.115. The third-order valence-electron chi connectivity index (χ3n) is 3.24. The van der Waals surface area contributed by atoms with Gasteiger partial charge in [0, 0.05) is 12.0 Å². The quantitative estimate of drug-likeness (QED) is 0.723. The lowest BCUT2D eigenvalue weighted by molar-refractivity contribution is 0.0962. The maximum Gasteiger partial charge on any atom is 0.166 e. The van der Waals surface area contributed by atoms with E-state index >= 15 is 0 Å². The summed E-state index contributed by atoms with van der Waals surface area (Å²) in [5.74, 6) is 1.45. The van der Waals surface area contributed by atoms with Crippen molar-refractivity contribution in [1.29, 1.82) is 0 Å².